The molecule has 0 aliphatic carbocycles. The number of carbonyl (C=O) groups excluding carboxylic acids is 1. The molecule has 0 aliphatic rings. The summed E-state index contributed by atoms with van der Waals surface area (Å²) in [5.74, 6) is -0.670. The fraction of sp³-hybridized carbons (Fsp3) is 0.118. The Hall–Kier alpha value is -3.33. The molecule has 168 valence electrons. The second-order valence-corrected chi connectivity index (χ2v) is 8.76. The lowest BCUT2D eigenvalue weighted by Crippen LogP contribution is -2.23. The van der Waals surface area contributed by atoms with Crippen molar-refractivity contribution in [3.05, 3.63) is 61.3 Å². The molecule has 0 aromatic heterocycles. The van der Waals surface area contributed by atoms with Crippen LogP contribution >= 0.6 is 0 Å². The van der Waals surface area contributed by atoms with Gasteiger partial charge in [-0.1, -0.05) is 19.2 Å². The van der Waals surface area contributed by atoms with E-state index in [4.69, 9.17) is 16.0 Å². The van der Waals surface area contributed by atoms with E-state index in [2.05, 4.69) is 32.9 Å². The minimum absolute atomic E-state index is 0.00589. The van der Waals surface area contributed by atoms with Gasteiger partial charge in [-0.05, 0) is 36.4 Å². The van der Waals surface area contributed by atoms with E-state index < -0.39 is 38.6 Å². The maximum absolute atomic E-state index is 12.2. The molecule has 0 unspecified atom stereocenters. The van der Waals surface area contributed by atoms with E-state index in [-0.39, 0.29) is 22.0 Å². The molecule has 2 amide bonds. The lowest BCUT2D eigenvalue weighted by molar-refractivity contribution is 0.256. The minimum Gasteiger partial charge on any atom is -0.397 e. The van der Waals surface area contributed by atoms with Gasteiger partial charge in [-0.2, -0.15) is 18.5 Å². The Balaban J connectivity index is 3.09. The van der Waals surface area contributed by atoms with Crippen molar-refractivity contribution < 1.29 is 30.4 Å². The van der Waals surface area contributed by atoms with Gasteiger partial charge < -0.3 is 11.5 Å². The number of nitrogens with zero attached hydrogens (tertiary/aromatic N) is 2. The number of nitrogens with one attached hydrogen (secondary N) is 1. The number of hydrazone groups is 1. The van der Waals surface area contributed by atoms with Gasteiger partial charge in [0.25, 0.3) is 0 Å². The third-order valence-corrected chi connectivity index (χ3v) is 5.49. The third kappa shape index (κ3) is 8.91. The average molecular weight is 472 g/mol. The van der Waals surface area contributed by atoms with Crippen LogP contribution in [0.5, 0.6) is 0 Å². The van der Waals surface area contributed by atoms with E-state index in [1.165, 1.54) is 42.5 Å². The van der Waals surface area contributed by atoms with Crippen LogP contribution in [0, 0.1) is 0 Å². The number of hydrogen-bond acceptors (Lipinski definition) is 9. The highest BCUT2D eigenvalue weighted by Crippen LogP contribution is 2.16. The highest BCUT2D eigenvalue weighted by molar-refractivity contribution is 7.91. The van der Waals surface area contributed by atoms with Gasteiger partial charge in [0.05, 0.1) is 34.4 Å². The number of allylic oxidation sites excluding steroid dienone is 4. The summed E-state index contributed by atoms with van der Waals surface area (Å²) in [6.07, 6.45) is 4.02. The summed E-state index contributed by atoms with van der Waals surface area (Å²) in [5, 5.41) is 4.06. The van der Waals surface area contributed by atoms with E-state index in [0.717, 1.165) is 0 Å². The highest BCUT2D eigenvalue weighted by Gasteiger charge is 2.16. The number of sulfone groups is 1. The normalized spacial score (nSPS) is 13.5. The Morgan fingerprint density at radius 1 is 1.16 bits per heavy atom. The minimum atomic E-state index is -4.73. The number of primary amides is 1. The number of carbonyl (C=O) groups is 1. The summed E-state index contributed by atoms with van der Waals surface area (Å²) in [7, 11) is -8.61. The Labute approximate surface area is 179 Å². The van der Waals surface area contributed by atoms with Crippen LogP contribution < -0.4 is 16.9 Å². The number of aliphatic imine (C=N–C) groups is 1. The zero-order valence-corrected chi connectivity index (χ0v) is 17.8. The van der Waals surface area contributed by atoms with Crippen LogP contribution in [-0.4, -0.2) is 51.2 Å². The first-order chi connectivity index (χ1) is 14.4. The molecule has 0 atom stereocenters. The monoisotopic (exact) mass is 471 g/mol. The molecule has 1 aromatic carbocycles. The lowest BCUT2D eigenvalue weighted by Gasteiger charge is -2.09. The first-order valence-corrected chi connectivity index (χ1v) is 11.3. The summed E-state index contributed by atoms with van der Waals surface area (Å²) in [6.45, 7) is 6.29. The largest absolute Gasteiger partial charge is 0.397 e. The van der Waals surface area contributed by atoms with Crippen molar-refractivity contribution in [1.29, 1.82) is 0 Å². The van der Waals surface area contributed by atoms with Crippen molar-refractivity contribution in [2.75, 3.05) is 17.8 Å². The van der Waals surface area contributed by atoms with Gasteiger partial charge in [0.1, 0.15) is 5.71 Å². The Morgan fingerprint density at radius 2 is 1.77 bits per heavy atom. The summed E-state index contributed by atoms with van der Waals surface area (Å²) in [5.41, 5.74) is 14.1. The number of benzene rings is 1. The predicted octanol–water partition coefficient (Wildman–Crippen LogP) is 0.782. The molecule has 12 nitrogen and oxygen atoms in total. The van der Waals surface area contributed by atoms with Crippen molar-refractivity contribution in [2.45, 2.75) is 4.90 Å². The van der Waals surface area contributed by atoms with E-state index in [9.17, 15) is 21.6 Å². The zero-order chi connectivity index (χ0) is 23.7. The van der Waals surface area contributed by atoms with Crippen LogP contribution in [0.2, 0.25) is 0 Å². The smallest absolute Gasteiger partial charge is 0.397 e. The fourth-order valence-electron chi connectivity index (χ4n) is 2.01. The summed E-state index contributed by atoms with van der Waals surface area (Å²) < 4.78 is 57.9. The van der Waals surface area contributed by atoms with E-state index in [1.54, 1.807) is 0 Å². The van der Waals surface area contributed by atoms with Crippen molar-refractivity contribution in [1.82, 2.24) is 0 Å². The summed E-state index contributed by atoms with van der Waals surface area (Å²) >= 11 is 0. The molecule has 0 saturated heterocycles. The molecule has 0 saturated carbocycles. The maximum Gasteiger partial charge on any atom is 0.397 e. The molecule has 1 rings (SSSR count). The van der Waals surface area contributed by atoms with Crippen LogP contribution in [0.25, 0.3) is 0 Å². The van der Waals surface area contributed by atoms with Crippen molar-refractivity contribution >= 4 is 43.4 Å². The molecule has 6 N–H and O–H groups in total. The molecule has 0 fully saturated rings. The summed E-state index contributed by atoms with van der Waals surface area (Å²) in [6, 6.07) is 4.26. The van der Waals surface area contributed by atoms with Crippen molar-refractivity contribution in [3.8, 4) is 0 Å². The number of anilines is 1. The molecular weight excluding hydrogens is 450 g/mol. The van der Waals surface area contributed by atoms with E-state index in [1.807, 2.05) is 0 Å². The highest BCUT2D eigenvalue weighted by atomic mass is 32.3. The molecule has 0 aliphatic heterocycles. The molecule has 0 heterocycles. The molecular formula is C17H21N5O7S2. The molecule has 0 spiro atoms. The Morgan fingerprint density at radius 3 is 2.26 bits per heavy atom. The van der Waals surface area contributed by atoms with Gasteiger partial charge in [0, 0.05) is 0 Å². The number of hydrogen-bond donors (Lipinski definition) is 4. The maximum atomic E-state index is 12.2. The topological polar surface area (TPSA) is 204 Å². The van der Waals surface area contributed by atoms with Gasteiger partial charge in [0.2, 0.25) is 0 Å². The van der Waals surface area contributed by atoms with Crippen LogP contribution in [0.4, 0.5) is 10.5 Å². The average Bonchev–Trinajstić information content (AvgIpc) is 2.66. The standard InChI is InChI=1S/C17H21N5O7S2/c1-3-5-14(18)16(15(4-2)20-17(19)23)22-21-12-6-8-13(9-7-12)30(24,25)11-10-29-31(26,27)28/h3-9,21H,1-2,10-11,18H2,(H2,19,23)(H,26,27,28)/b14-5+,20-15?,22-16?. The first kappa shape index (κ1) is 25.7. The van der Waals surface area contributed by atoms with Crippen molar-refractivity contribution in [2.24, 2.45) is 21.6 Å². The van der Waals surface area contributed by atoms with Crippen LogP contribution in [0.15, 0.2) is 76.3 Å². The van der Waals surface area contributed by atoms with Gasteiger partial charge in [-0.25, -0.2) is 17.4 Å². The first-order valence-electron chi connectivity index (χ1n) is 8.27. The third-order valence-electron chi connectivity index (χ3n) is 3.33. The Bertz CT molecular complexity index is 1140. The van der Waals surface area contributed by atoms with Gasteiger partial charge >= 0.3 is 16.4 Å². The molecule has 0 radical (unpaired) electrons. The second kappa shape index (κ2) is 11.2. The molecule has 14 heteroatoms. The van der Waals surface area contributed by atoms with Crippen molar-refractivity contribution in [3.63, 3.8) is 0 Å². The van der Waals surface area contributed by atoms with E-state index >= 15 is 0 Å². The number of urea groups is 1. The fourth-order valence-corrected chi connectivity index (χ4v) is 3.50. The van der Waals surface area contributed by atoms with Gasteiger partial charge in [0.15, 0.2) is 9.84 Å². The summed E-state index contributed by atoms with van der Waals surface area (Å²) in [4.78, 5) is 14.6. The number of nitrogens with two attached hydrogens (primary N) is 2. The van der Waals surface area contributed by atoms with Gasteiger partial charge in [-0.3, -0.25) is 9.98 Å². The van der Waals surface area contributed by atoms with Crippen LogP contribution in [0.1, 0.15) is 0 Å². The number of amides is 2. The van der Waals surface area contributed by atoms with E-state index in [0.29, 0.717) is 5.69 Å². The predicted molar refractivity (Wildman–Crippen MR) is 117 cm³/mol. The van der Waals surface area contributed by atoms with Gasteiger partial charge in [-0.15, -0.1) is 0 Å². The van der Waals surface area contributed by atoms with Crippen LogP contribution in [-0.2, 0) is 24.4 Å². The Kier molecular flexibility index (Phi) is 9.26. The SMILES string of the molecule is C=C/C=C(/N)C(=NNc1ccc(S(=O)(=O)CCOS(=O)(=O)O)cc1)C(C=C)=NC(N)=O. The lowest BCUT2D eigenvalue weighted by atomic mass is 10.1. The zero-order valence-electron chi connectivity index (χ0n) is 16.1. The van der Waals surface area contributed by atoms with Crippen LogP contribution in [0.3, 0.4) is 0 Å². The molecule has 1 aromatic rings. The molecule has 31 heavy (non-hydrogen) atoms. The number of rotatable bonds is 11. The second-order valence-electron chi connectivity index (χ2n) is 5.56. The quantitative estimate of drug-likeness (QED) is 0.155. The molecule has 0 bridgehead atoms.